The second-order valence-corrected chi connectivity index (χ2v) is 4.48. The lowest BCUT2D eigenvalue weighted by molar-refractivity contribution is 0.1000. The van der Waals surface area contributed by atoms with Gasteiger partial charge in [0.05, 0.1) is 12.3 Å². The van der Waals surface area contributed by atoms with Gasteiger partial charge in [0.2, 0.25) is 5.91 Å². The zero-order valence-corrected chi connectivity index (χ0v) is 11.0. The molecule has 0 atom stereocenters. The van der Waals surface area contributed by atoms with Crippen LogP contribution < -0.4 is 5.73 Å². The number of pyridine rings is 1. The summed E-state index contributed by atoms with van der Waals surface area (Å²) in [6.07, 6.45) is 0.619. The first-order valence-electron chi connectivity index (χ1n) is 5.83. The van der Waals surface area contributed by atoms with E-state index in [1.165, 1.54) is 0 Å². The van der Waals surface area contributed by atoms with E-state index >= 15 is 0 Å². The second kappa shape index (κ2) is 5.19. The molecule has 0 aromatic carbocycles. The standard InChI is InChI=1S/C13H16N4O2/c1-8(2)4-11-15-16-12-6-9(13(14)18)5-10(7-19-3)17(11)12/h5-6H,1,4,7H2,2-3H3,(H2,14,18). The van der Waals surface area contributed by atoms with Crippen molar-refractivity contribution < 1.29 is 9.53 Å². The molecule has 0 aliphatic rings. The summed E-state index contributed by atoms with van der Waals surface area (Å²) in [5.74, 6) is 0.273. The molecule has 100 valence electrons. The van der Waals surface area contributed by atoms with Gasteiger partial charge < -0.3 is 10.5 Å². The Morgan fingerprint density at radius 3 is 2.79 bits per heavy atom. The van der Waals surface area contributed by atoms with E-state index in [-0.39, 0.29) is 0 Å². The number of carbonyl (C=O) groups excluding carboxylic acids is 1. The van der Waals surface area contributed by atoms with Gasteiger partial charge >= 0.3 is 0 Å². The van der Waals surface area contributed by atoms with Gasteiger partial charge in [0, 0.05) is 19.1 Å². The van der Waals surface area contributed by atoms with E-state index in [9.17, 15) is 4.79 Å². The number of aromatic nitrogens is 3. The maximum absolute atomic E-state index is 11.3. The van der Waals surface area contributed by atoms with Crippen molar-refractivity contribution in [3.8, 4) is 0 Å². The smallest absolute Gasteiger partial charge is 0.248 e. The molecule has 19 heavy (non-hydrogen) atoms. The van der Waals surface area contributed by atoms with Crippen LogP contribution in [0.5, 0.6) is 0 Å². The molecule has 0 radical (unpaired) electrons. The number of primary amides is 1. The van der Waals surface area contributed by atoms with Crippen LogP contribution >= 0.6 is 0 Å². The van der Waals surface area contributed by atoms with Crippen molar-refractivity contribution >= 4 is 11.6 Å². The quantitative estimate of drug-likeness (QED) is 0.816. The predicted octanol–water partition coefficient (Wildman–Crippen LogP) is 1.09. The number of amides is 1. The van der Waals surface area contributed by atoms with Crippen LogP contribution in [0.1, 0.15) is 28.8 Å². The minimum Gasteiger partial charge on any atom is -0.378 e. The highest BCUT2D eigenvalue weighted by molar-refractivity contribution is 5.93. The molecule has 6 heteroatoms. The molecule has 0 fully saturated rings. The first-order chi connectivity index (χ1) is 9.02. The number of carbonyl (C=O) groups is 1. The van der Waals surface area contributed by atoms with Crippen LogP contribution in [0.2, 0.25) is 0 Å². The average Bonchev–Trinajstić information content (AvgIpc) is 2.72. The van der Waals surface area contributed by atoms with Crippen LogP contribution in [-0.2, 0) is 17.8 Å². The molecule has 1 amide bonds. The van der Waals surface area contributed by atoms with Gasteiger partial charge in [-0.25, -0.2) is 0 Å². The molecule has 0 saturated heterocycles. The topological polar surface area (TPSA) is 82.5 Å². The number of nitrogens with zero attached hydrogens (tertiary/aromatic N) is 3. The third-order valence-corrected chi connectivity index (χ3v) is 2.69. The summed E-state index contributed by atoms with van der Waals surface area (Å²) in [6.45, 7) is 6.14. The number of nitrogens with two attached hydrogens (primary N) is 1. The van der Waals surface area contributed by atoms with Crippen molar-refractivity contribution in [2.45, 2.75) is 20.0 Å². The summed E-state index contributed by atoms with van der Waals surface area (Å²) < 4.78 is 7.01. The summed E-state index contributed by atoms with van der Waals surface area (Å²) >= 11 is 0. The Hall–Kier alpha value is -2.21. The molecule has 0 spiro atoms. The molecule has 2 aromatic rings. The lowest BCUT2D eigenvalue weighted by atomic mass is 10.2. The van der Waals surface area contributed by atoms with Gasteiger partial charge in [-0.05, 0) is 19.1 Å². The highest BCUT2D eigenvalue weighted by Gasteiger charge is 2.13. The van der Waals surface area contributed by atoms with Crippen LogP contribution in [0.3, 0.4) is 0 Å². The van der Waals surface area contributed by atoms with Gasteiger partial charge in [0.1, 0.15) is 5.82 Å². The van der Waals surface area contributed by atoms with E-state index in [0.717, 1.165) is 17.1 Å². The molecule has 2 rings (SSSR count). The number of ether oxygens (including phenoxy) is 1. The molecule has 0 aliphatic carbocycles. The lowest BCUT2D eigenvalue weighted by Gasteiger charge is -2.08. The third kappa shape index (κ3) is 2.63. The van der Waals surface area contributed by atoms with E-state index in [2.05, 4.69) is 16.8 Å². The molecule has 0 saturated carbocycles. The van der Waals surface area contributed by atoms with Crippen LogP contribution in [0.25, 0.3) is 5.65 Å². The average molecular weight is 260 g/mol. The fraction of sp³-hybridized carbons (Fsp3) is 0.308. The first-order valence-corrected chi connectivity index (χ1v) is 5.83. The zero-order chi connectivity index (χ0) is 14.0. The normalized spacial score (nSPS) is 10.8. The number of fused-ring (bicyclic) bond motifs is 1. The van der Waals surface area contributed by atoms with E-state index in [1.807, 2.05) is 11.3 Å². The van der Waals surface area contributed by atoms with Crippen LogP contribution in [-0.4, -0.2) is 27.6 Å². The molecule has 0 bridgehead atoms. The molecule has 2 N–H and O–H groups in total. The van der Waals surface area contributed by atoms with E-state index < -0.39 is 5.91 Å². The van der Waals surface area contributed by atoms with E-state index in [4.69, 9.17) is 10.5 Å². The second-order valence-electron chi connectivity index (χ2n) is 4.48. The highest BCUT2D eigenvalue weighted by Crippen LogP contribution is 2.15. The Morgan fingerprint density at radius 2 is 2.21 bits per heavy atom. The SMILES string of the molecule is C=C(C)Cc1nnc2cc(C(N)=O)cc(COC)n12. The molecule has 2 aromatic heterocycles. The Bertz CT molecular complexity index is 645. The van der Waals surface area contributed by atoms with Crippen molar-refractivity contribution in [1.82, 2.24) is 14.6 Å². The van der Waals surface area contributed by atoms with Gasteiger partial charge in [-0.2, -0.15) is 0 Å². The van der Waals surface area contributed by atoms with Crippen molar-refractivity contribution in [3.05, 3.63) is 41.4 Å². The Morgan fingerprint density at radius 1 is 1.47 bits per heavy atom. The van der Waals surface area contributed by atoms with Crippen molar-refractivity contribution in [2.24, 2.45) is 5.73 Å². The Kier molecular flexibility index (Phi) is 3.62. The largest absolute Gasteiger partial charge is 0.378 e. The first kappa shape index (κ1) is 13.2. The van der Waals surface area contributed by atoms with E-state index in [1.54, 1.807) is 19.2 Å². The summed E-state index contributed by atoms with van der Waals surface area (Å²) in [5.41, 5.74) is 8.06. The highest BCUT2D eigenvalue weighted by atomic mass is 16.5. The fourth-order valence-electron chi connectivity index (χ4n) is 1.94. The number of allylic oxidation sites excluding steroid dienone is 1. The van der Waals surface area contributed by atoms with Crippen LogP contribution in [0.4, 0.5) is 0 Å². The van der Waals surface area contributed by atoms with Crippen LogP contribution in [0, 0.1) is 0 Å². The fourth-order valence-corrected chi connectivity index (χ4v) is 1.94. The van der Waals surface area contributed by atoms with Gasteiger partial charge in [0.15, 0.2) is 5.65 Å². The predicted molar refractivity (Wildman–Crippen MR) is 70.7 cm³/mol. The number of rotatable bonds is 5. The number of methoxy groups -OCH3 is 1. The van der Waals surface area contributed by atoms with Crippen LogP contribution in [0.15, 0.2) is 24.3 Å². The van der Waals surface area contributed by atoms with Crippen molar-refractivity contribution in [3.63, 3.8) is 0 Å². The Balaban J connectivity index is 2.63. The molecule has 2 heterocycles. The summed E-state index contributed by atoms with van der Waals surface area (Å²) in [5, 5.41) is 8.19. The summed E-state index contributed by atoms with van der Waals surface area (Å²) in [4.78, 5) is 11.3. The molecular formula is C13H16N4O2. The van der Waals surface area contributed by atoms with Gasteiger partial charge in [-0.15, -0.1) is 10.2 Å². The number of hydrogen-bond acceptors (Lipinski definition) is 4. The lowest BCUT2D eigenvalue weighted by Crippen LogP contribution is -2.13. The minimum atomic E-state index is -0.496. The maximum Gasteiger partial charge on any atom is 0.248 e. The number of hydrogen-bond donors (Lipinski definition) is 1. The molecular weight excluding hydrogens is 244 g/mol. The zero-order valence-electron chi connectivity index (χ0n) is 11.0. The van der Waals surface area contributed by atoms with E-state index in [0.29, 0.717) is 24.2 Å². The maximum atomic E-state index is 11.3. The summed E-state index contributed by atoms with van der Waals surface area (Å²) in [7, 11) is 1.59. The third-order valence-electron chi connectivity index (χ3n) is 2.69. The van der Waals surface area contributed by atoms with Gasteiger partial charge in [-0.3, -0.25) is 9.20 Å². The van der Waals surface area contributed by atoms with Gasteiger partial charge in [0.25, 0.3) is 0 Å². The Labute approximate surface area is 110 Å². The minimum absolute atomic E-state index is 0.346. The molecule has 0 aliphatic heterocycles. The van der Waals surface area contributed by atoms with Crippen molar-refractivity contribution in [2.75, 3.05) is 7.11 Å². The monoisotopic (exact) mass is 260 g/mol. The molecule has 0 unspecified atom stereocenters. The molecule has 6 nitrogen and oxygen atoms in total. The summed E-state index contributed by atoms with van der Waals surface area (Å²) in [6, 6.07) is 3.32. The van der Waals surface area contributed by atoms with Crippen molar-refractivity contribution in [1.29, 1.82) is 0 Å². The van der Waals surface area contributed by atoms with Gasteiger partial charge in [-0.1, -0.05) is 12.2 Å².